The van der Waals surface area contributed by atoms with Gasteiger partial charge < -0.3 is 19.9 Å². The molecule has 122 valence electrons. The van der Waals surface area contributed by atoms with Crippen LogP contribution >= 0.6 is 0 Å². The number of hydrogen-bond acceptors (Lipinski definition) is 5. The molecule has 7 nitrogen and oxygen atoms in total. The Kier molecular flexibility index (Phi) is 4.40. The summed E-state index contributed by atoms with van der Waals surface area (Å²) in [5.41, 5.74) is 0.769. The molecule has 0 saturated heterocycles. The standard InChI is InChI=1S/C16H17NO6/c1-7-10-4-5-12(18)8(2)14(10)23-16(22)11(7)6-13(19)17-9(3)15(20)21/h4-5,9,18H,6H2,1-3H3,(H,17,19)(H,20,21). The van der Waals surface area contributed by atoms with Crippen LogP contribution in [0.4, 0.5) is 0 Å². The van der Waals surface area contributed by atoms with E-state index < -0.39 is 23.5 Å². The molecular formula is C16H17NO6. The summed E-state index contributed by atoms with van der Waals surface area (Å²) in [6.45, 7) is 4.64. The van der Waals surface area contributed by atoms with E-state index >= 15 is 0 Å². The molecule has 1 amide bonds. The van der Waals surface area contributed by atoms with Crippen molar-refractivity contribution in [3.63, 3.8) is 0 Å². The van der Waals surface area contributed by atoms with Gasteiger partial charge in [-0.25, -0.2) is 4.79 Å². The Bertz CT molecular complexity index is 852. The van der Waals surface area contributed by atoms with E-state index in [0.29, 0.717) is 16.5 Å². The Labute approximate surface area is 131 Å². The fourth-order valence-electron chi connectivity index (χ4n) is 2.30. The minimum absolute atomic E-state index is 0.0147. The number of carboxylic acids is 1. The average Bonchev–Trinajstić information content (AvgIpc) is 2.47. The molecule has 1 atom stereocenters. The van der Waals surface area contributed by atoms with Crippen LogP contribution in [0.2, 0.25) is 0 Å². The van der Waals surface area contributed by atoms with Crippen LogP contribution in [0.5, 0.6) is 5.75 Å². The van der Waals surface area contributed by atoms with Crippen LogP contribution in [0.1, 0.15) is 23.6 Å². The topological polar surface area (TPSA) is 117 Å². The van der Waals surface area contributed by atoms with Crippen molar-refractivity contribution < 1.29 is 24.2 Å². The lowest BCUT2D eigenvalue weighted by atomic mass is 10.0. The van der Waals surface area contributed by atoms with Crippen LogP contribution in [0.3, 0.4) is 0 Å². The number of fused-ring (bicyclic) bond motifs is 1. The first-order valence-electron chi connectivity index (χ1n) is 6.99. The number of amides is 1. The number of phenols is 1. The predicted molar refractivity (Wildman–Crippen MR) is 82.6 cm³/mol. The number of hydrogen-bond donors (Lipinski definition) is 3. The maximum Gasteiger partial charge on any atom is 0.340 e. The molecule has 0 aliphatic heterocycles. The van der Waals surface area contributed by atoms with E-state index in [1.165, 1.54) is 13.0 Å². The maximum absolute atomic E-state index is 12.1. The monoisotopic (exact) mass is 319 g/mol. The number of carboxylic acid groups (broad SMARTS) is 1. The molecule has 0 fully saturated rings. The Morgan fingerprint density at radius 1 is 1.26 bits per heavy atom. The summed E-state index contributed by atoms with van der Waals surface area (Å²) >= 11 is 0. The third-order valence-corrected chi connectivity index (χ3v) is 3.76. The van der Waals surface area contributed by atoms with Gasteiger partial charge in [-0.15, -0.1) is 0 Å². The third kappa shape index (κ3) is 3.18. The highest BCUT2D eigenvalue weighted by Crippen LogP contribution is 2.28. The Morgan fingerprint density at radius 2 is 1.91 bits per heavy atom. The number of carbonyl (C=O) groups is 2. The fourth-order valence-corrected chi connectivity index (χ4v) is 2.30. The number of benzene rings is 1. The summed E-state index contributed by atoms with van der Waals surface area (Å²) in [6.07, 6.45) is -0.276. The van der Waals surface area contributed by atoms with E-state index in [1.807, 2.05) is 0 Å². The van der Waals surface area contributed by atoms with E-state index in [0.717, 1.165) is 0 Å². The van der Waals surface area contributed by atoms with Gasteiger partial charge in [0.25, 0.3) is 0 Å². The molecule has 0 saturated carbocycles. The van der Waals surface area contributed by atoms with Gasteiger partial charge in [0.2, 0.25) is 5.91 Å². The predicted octanol–water partition coefficient (Wildman–Crippen LogP) is 1.25. The summed E-state index contributed by atoms with van der Waals surface area (Å²) < 4.78 is 5.23. The molecule has 23 heavy (non-hydrogen) atoms. The van der Waals surface area contributed by atoms with Gasteiger partial charge in [0, 0.05) is 10.9 Å². The van der Waals surface area contributed by atoms with E-state index in [4.69, 9.17) is 9.52 Å². The van der Waals surface area contributed by atoms with Gasteiger partial charge in [0.1, 0.15) is 17.4 Å². The van der Waals surface area contributed by atoms with Gasteiger partial charge >= 0.3 is 11.6 Å². The summed E-state index contributed by atoms with van der Waals surface area (Å²) in [6, 6.07) is 2.05. The zero-order valence-corrected chi connectivity index (χ0v) is 13.0. The molecule has 0 aliphatic rings. The van der Waals surface area contributed by atoms with Crippen molar-refractivity contribution >= 4 is 22.8 Å². The molecule has 3 N–H and O–H groups in total. The zero-order chi connectivity index (χ0) is 17.3. The van der Waals surface area contributed by atoms with Crippen molar-refractivity contribution in [1.82, 2.24) is 5.32 Å². The molecule has 2 rings (SSSR count). The number of rotatable bonds is 4. The number of aromatic hydroxyl groups is 1. The van der Waals surface area contributed by atoms with E-state index in [2.05, 4.69) is 5.32 Å². The molecule has 1 heterocycles. The van der Waals surface area contributed by atoms with Gasteiger partial charge in [-0.1, -0.05) is 0 Å². The largest absolute Gasteiger partial charge is 0.508 e. The normalized spacial score (nSPS) is 12.1. The molecular weight excluding hydrogens is 302 g/mol. The third-order valence-electron chi connectivity index (χ3n) is 3.76. The van der Waals surface area contributed by atoms with E-state index in [1.54, 1.807) is 19.9 Å². The molecule has 0 spiro atoms. The highest BCUT2D eigenvalue weighted by molar-refractivity contribution is 5.88. The summed E-state index contributed by atoms with van der Waals surface area (Å²) in [5, 5.41) is 21.4. The number of aliphatic carboxylic acids is 1. The van der Waals surface area contributed by atoms with Crippen molar-refractivity contribution in [3.8, 4) is 5.75 Å². The van der Waals surface area contributed by atoms with Gasteiger partial charge in [-0.05, 0) is 38.5 Å². The maximum atomic E-state index is 12.1. The number of nitrogens with one attached hydrogen (secondary N) is 1. The Balaban J connectivity index is 2.43. The smallest absolute Gasteiger partial charge is 0.340 e. The minimum atomic E-state index is -1.16. The van der Waals surface area contributed by atoms with Gasteiger partial charge in [0.15, 0.2) is 0 Å². The molecule has 0 bridgehead atoms. The molecule has 1 aromatic heterocycles. The second-order valence-electron chi connectivity index (χ2n) is 5.38. The average molecular weight is 319 g/mol. The second kappa shape index (κ2) is 6.12. The van der Waals surface area contributed by atoms with Crippen molar-refractivity contribution in [1.29, 1.82) is 0 Å². The van der Waals surface area contributed by atoms with Crippen LogP contribution in [-0.2, 0) is 16.0 Å². The lowest BCUT2D eigenvalue weighted by molar-refractivity contribution is -0.141. The molecule has 0 aliphatic carbocycles. The van der Waals surface area contributed by atoms with Crippen LogP contribution < -0.4 is 10.9 Å². The lowest BCUT2D eigenvalue weighted by Gasteiger charge is -2.12. The van der Waals surface area contributed by atoms with Gasteiger partial charge in [0.05, 0.1) is 12.0 Å². The number of phenolic OH excluding ortho intramolecular Hbond substituents is 1. The van der Waals surface area contributed by atoms with Gasteiger partial charge in [-0.3, -0.25) is 9.59 Å². The summed E-state index contributed by atoms with van der Waals surface area (Å²) in [5.74, 6) is -1.72. The SMILES string of the molecule is Cc1c(CC(=O)NC(C)C(=O)O)c(=O)oc2c(C)c(O)ccc12. The molecule has 1 aromatic carbocycles. The zero-order valence-electron chi connectivity index (χ0n) is 13.0. The van der Waals surface area contributed by atoms with Crippen LogP contribution in [-0.4, -0.2) is 28.1 Å². The number of carbonyl (C=O) groups excluding carboxylic acids is 1. The molecule has 1 unspecified atom stereocenters. The summed E-state index contributed by atoms with van der Waals surface area (Å²) in [7, 11) is 0. The first-order valence-corrected chi connectivity index (χ1v) is 6.99. The van der Waals surface area contributed by atoms with Gasteiger partial charge in [-0.2, -0.15) is 0 Å². The lowest BCUT2D eigenvalue weighted by Crippen LogP contribution is -2.39. The minimum Gasteiger partial charge on any atom is -0.508 e. The van der Waals surface area contributed by atoms with E-state index in [9.17, 15) is 19.5 Å². The van der Waals surface area contributed by atoms with Crippen molar-refractivity contribution in [2.24, 2.45) is 0 Å². The first kappa shape index (κ1) is 16.5. The van der Waals surface area contributed by atoms with Crippen LogP contribution in [0.25, 0.3) is 11.0 Å². The molecule has 7 heteroatoms. The Morgan fingerprint density at radius 3 is 2.52 bits per heavy atom. The summed E-state index contributed by atoms with van der Waals surface area (Å²) in [4.78, 5) is 34.8. The fraction of sp³-hybridized carbons (Fsp3) is 0.312. The van der Waals surface area contributed by atoms with Crippen LogP contribution in [0, 0.1) is 13.8 Å². The second-order valence-corrected chi connectivity index (χ2v) is 5.38. The van der Waals surface area contributed by atoms with E-state index in [-0.39, 0.29) is 23.3 Å². The Hall–Kier alpha value is -2.83. The number of aryl methyl sites for hydroxylation is 2. The highest BCUT2D eigenvalue weighted by Gasteiger charge is 2.19. The van der Waals surface area contributed by atoms with Crippen LogP contribution in [0.15, 0.2) is 21.3 Å². The van der Waals surface area contributed by atoms with Crippen molar-refractivity contribution in [2.45, 2.75) is 33.2 Å². The highest BCUT2D eigenvalue weighted by atomic mass is 16.4. The first-order chi connectivity index (χ1) is 10.7. The quantitative estimate of drug-likeness (QED) is 0.730. The molecule has 0 radical (unpaired) electrons. The molecule has 2 aromatic rings. The van der Waals surface area contributed by atoms with Crippen molar-refractivity contribution in [2.75, 3.05) is 0 Å². The van der Waals surface area contributed by atoms with Crippen molar-refractivity contribution in [3.05, 3.63) is 39.2 Å².